The fourth-order valence-electron chi connectivity index (χ4n) is 2.66. The average molecular weight is 464 g/mol. The maximum atomic E-state index is 14.2. The van der Waals surface area contributed by atoms with Crippen molar-refractivity contribution in [3.8, 4) is 5.75 Å². The molecule has 0 fully saturated rings. The molecule has 0 spiro atoms. The minimum Gasteiger partial charge on any atom is -0.497 e. The summed E-state index contributed by atoms with van der Waals surface area (Å²) < 4.78 is 91.9. The smallest absolute Gasteiger partial charge is 0.441 e. The van der Waals surface area contributed by atoms with E-state index in [0.717, 1.165) is 24.3 Å². The third-order valence-corrected chi connectivity index (χ3v) is 4.21. The fourth-order valence-corrected chi connectivity index (χ4v) is 2.66. The van der Waals surface area contributed by atoms with Crippen LogP contribution in [0.5, 0.6) is 5.75 Å². The van der Waals surface area contributed by atoms with E-state index in [4.69, 9.17) is 4.74 Å². The summed E-state index contributed by atoms with van der Waals surface area (Å²) >= 11 is 0. The van der Waals surface area contributed by atoms with Gasteiger partial charge in [-0.3, -0.25) is 4.79 Å². The number of alkyl halides is 6. The Morgan fingerprint density at radius 1 is 0.938 bits per heavy atom. The van der Waals surface area contributed by atoms with Crippen LogP contribution in [0.25, 0.3) is 0 Å². The molecule has 0 aliphatic rings. The summed E-state index contributed by atoms with van der Waals surface area (Å²) in [5.74, 6) is -3.13. The van der Waals surface area contributed by atoms with Gasteiger partial charge >= 0.3 is 24.0 Å². The van der Waals surface area contributed by atoms with Crippen molar-refractivity contribution < 1.29 is 45.4 Å². The molecule has 12 heteroatoms. The lowest BCUT2D eigenvalue weighted by Crippen LogP contribution is -2.69. The van der Waals surface area contributed by atoms with Crippen molar-refractivity contribution in [1.82, 2.24) is 5.32 Å². The van der Waals surface area contributed by atoms with Gasteiger partial charge in [0, 0.05) is 11.3 Å². The molecule has 6 nitrogen and oxygen atoms in total. The van der Waals surface area contributed by atoms with Gasteiger partial charge < -0.3 is 20.1 Å². The highest BCUT2D eigenvalue weighted by atomic mass is 19.4. The van der Waals surface area contributed by atoms with E-state index in [2.05, 4.69) is 4.74 Å². The molecular formula is C20H18F6N2O4. The van der Waals surface area contributed by atoms with Gasteiger partial charge in [0.25, 0.3) is 5.91 Å². The largest absolute Gasteiger partial charge is 0.497 e. The molecule has 32 heavy (non-hydrogen) atoms. The van der Waals surface area contributed by atoms with Crippen molar-refractivity contribution >= 4 is 17.6 Å². The van der Waals surface area contributed by atoms with Crippen LogP contribution in [0.15, 0.2) is 48.5 Å². The lowest BCUT2D eigenvalue weighted by Gasteiger charge is -2.36. The van der Waals surface area contributed by atoms with Crippen molar-refractivity contribution in [3.05, 3.63) is 59.7 Å². The lowest BCUT2D eigenvalue weighted by molar-refractivity contribution is -0.204. The number of carbonyl (C=O) groups excluding carboxylic acids is 2. The van der Waals surface area contributed by atoms with E-state index in [9.17, 15) is 35.9 Å². The Balaban J connectivity index is 2.59. The third-order valence-electron chi connectivity index (χ3n) is 4.21. The van der Waals surface area contributed by atoms with Gasteiger partial charge in [-0.05, 0) is 43.3 Å². The monoisotopic (exact) mass is 464 g/mol. The molecule has 0 radical (unpaired) electrons. The van der Waals surface area contributed by atoms with E-state index in [0.29, 0.717) is 17.9 Å². The van der Waals surface area contributed by atoms with E-state index < -0.39 is 47.7 Å². The SMILES string of the molecule is CCOC(=O)[C@@](NC(=O)c1ccc(OC)cc1)(Nc1ccccc1C(F)(F)F)C(F)(F)F. The van der Waals surface area contributed by atoms with Gasteiger partial charge in [-0.15, -0.1) is 0 Å². The first-order valence-corrected chi connectivity index (χ1v) is 9.00. The molecule has 0 saturated heterocycles. The molecule has 0 aliphatic carbocycles. The summed E-state index contributed by atoms with van der Waals surface area (Å²) in [7, 11) is 1.33. The zero-order chi connectivity index (χ0) is 24.2. The number of nitrogens with one attached hydrogen (secondary N) is 2. The zero-order valence-electron chi connectivity index (χ0n) is 16.7. The van der Waals surface area contributed by atoms with Crippen LogP contribution in [0, 0.1) is 0 Å². The van der Waals surface area contributed by atoms with Crippen LogP contribution < -0.4 is 15.4 Å². The summed E-state index contributed by atoms with van der Waals surface area (Å²) in [5.41, 5.74) is -6.88. The van der Waals surface area contributed by atoms with E-state index >= 15 is 0 Å². The van der Waals surface area contributed by atoms with E-state index in [1.165, 1.54) is 36.8 Å². The topological polar surface area (TPSA) is 76.7 Å². The van der Waals surface area contributed by atoms with Crippen molar-refractivity contribution in [2.75, 3.05) is 19.0 Å². The summed E-state index contributed by atoms with van der Waals surface area (Å²) in [5, 5.41) is 3.02. The first kappa shape index (κ1) is 24.8. The van der Waals surface area contributed by atoms with Gasteiger partial charge in [-0.25, -0.2) is 4.79 Å². The molecule has 0 unspecified atom stereocenters. The van der Waals surface area contributed by atoms with Gasteiger partial charge in [-0.1, -0.05) is 12.1 Å². The van der Waals surface area contributed by atoms with Gasteiger partial charge in [0.15, 0.2) is 0 Å². The number of amides is 1. The van der Waals surface area contributed by atoms with Crippen LogP contribution in [-0.2, 0) is 15.7 Å². The van der Waals surface area contributed by atoms with Crippen molar-refractivity contribution in [3.63, 3.8) is 0 Å². The summed E-state index contributed by atoms with van der Waals surface area (Å²) in [6.45, 7) is 0.672. The Morgan fingerprint density at radius 3 is 2.03 bits per heavy atom. The number of halogens is 6. The van der Waals surface area contributed by atoms with E-state index in [-0.39, 0.29) is 5.56 Å². The number of esters is 1. The summed E-state index contributed by atoms with van der Waals surface area (Å²) in [6.07, 6.45) is -10.6. The molecule has 1 amide bonds. The zero-order valence-corrected chi connectivity index (χ0v) is 16.7. The second kappa shape index (κ2) is 9.37. The highest BCUT2D eigenvalue weighted by molar-refractivity contribution is 5.99. The number of benzene rings is 2. The van der Waals surface area contributed by atoms with Crippen LogP contribution in [0.4, 0.5) is 32.0 Å². The third kappa shape index (κ3) is 5.24. The average Bonchev–Trinajstić information content (AvgIpc) is 2.72. The van der Waals surface area contributed by atoms with E-state index in [1.54, 1.807) is 0 Å². The van der Waals surface area contributed by atoms with Crippen LogP contribution in [0.2, 0.25) is 0 Å². The number of ether oxygens (including phenoxy) is 2. The maximum absolute atomic E-state index is 14.2. The van der Waals surface area contributed by atoms with Crippen LogP contribution in [0.1, 0.15) is 22.8 Å². The molecule has 0 bridgehead atoms. The summed E-state index contributed by atoms with van der Waals surface area (Å²) in [4.78, 5) is 25.0. The normalized spacial score (nSPS) is 13.6. The minimum atomic E-state index is -5.60. The molecule has 174 valence electrons. The van der Waals surface area contributed by atoms with Gasteiger partial charge in [-0.2, -0.15) is 26.3 Å². The molecule has 0 saturated carbocycles. The minimum absolute atomic E-state index is 0.297. The highest BCUT2D eigenvalue weighted by Crippen LogP contribution is 2.39. The fraction of sp³-hybridized carbons (Fsp3) is 0.300. The number of rotatable bonds is 7. The second-order valence-electron chi connectivity index (χ2n) is 6.32. The molecular weight excluding hydrogens is 446 g/mol. The quantitative estimate of drug-likeness (QED) is 0.362. The first-order chi connectivity index (χ1) is 14.9. The highest BCUT2D eigenvalue weighted by Gasteiger charge is 2.64. The maximum Gasteiger partial charge on any atom is 0.441 e. The molecule has 2 aromatic rings. The number of carbonyl (C=O) groups is 2. The number of methoxy groups -OCH3 is 1. The molecule has 0 aliphatic heterocycles. The van der Waals surface area contributed by atoms with Gasteiger partial charge in [0.05, 0.1) is 19.3 Å². The summed E-state index contributed by atoms with van der Waals surface area (Å²) in [6, 6.07) is 8.01. The molecule has 1 atom stereocenters. The van der Waals surface area contributed by atoms with Crippen LogP contribution >= 0.6 is 0 Å². The van der Waals surface area contributed by atoms with Gasteiger partial charge in [0.1, 0.15) is 5.75 Å². The van der Waals surface area contributed by atoms with Crippen molar-refractivity contribution in [1.29, 1.82) is 0 Å². The molecule has 2 N–H and O–H groups in total. The van der Waals surface area contributed by atoms with E-state index in [1.807, 2.05) is 0 Å². The van der Waals surface area contributed by atoms with Crippen LogP contribution in [-0.4, -0.2) is 37.4 Å². The predicted octanol–water partition coefficient (Wildman–Crippen LogP) is 4.38. The molecule has 0 heterocycles. The number of hydrogen-bond acceptors (Lipinski definition) is 5. The van der Waals surface area contributed by atoms with Crippen molar-refractivity contribution in [2.24, 2.45) is 0 Å². The Bertz CT molecular complexity index is 960. The number of anilines is 1. The number of para-hydroxylation sites is 1. The lowest BCUT2D eigenvalue weighted by atomic mass is 10.1. The Hall–Kier alpha value is -3.44. The molecule has 0 aromatic heterocycles. The van der Waals surface area contributed by atoms with Gasteiger partial charge in [0.2, 0.25) is 0 Å². The second-order valence-corrected chi connectivity index (χ2v) is 6.32. The Kier molecular flexibility index (Phi) is 7.27. The van der Waals surface area contributed by atoms with Crippen molar-refractivity contribution in [2.45, 2.75) is 24.9 Å². The van der Waals surface area contributed by atoms with Crippen LogP contribution in [0.3, 0.4) is 0 Å². The number of hydrogen-bond donors (Lipinski definition) is 2. The Morgan fingerprint density at radius 2 is 1.53 bits per heavy atom. The molecule has 2 rings (SSSR count). The first-order valence-electron chi connectivity index (χ1n) is 9.00. The Labute approximate surface area is 178 Å². The predicted molar refractivity (Wildman–Crippen MR) is 101 cm³/mol. The standard InChI is InChI=1S/C20H18F6N2O4/c1-3-32-17(30)18(20(24,25)26,27-15-7-5-4-6-14(15)19(21,22)23)28-16(29)12-8-10-13(31-2)11-9-12/h4-11,27H,3H2,1-2H3,(H,28,29)/t18-/m0/s1. The molecule has 2 aromatic carbocycles.